The number of hydrogen-bond acceptors (Lipinski definition) is 5. The Hall–Kier alpha value is -1.77. The quantitative estimate of drug-likeness (QED) is 0.546. The lowest BCUT2D eigenvalue weighted by molar-refractivity contribution is 0.437. The average Bonchev–Trinajstić information content (AvgIpc) is 3.09. The van der Waals surface area contributed by atoms with Gasteiger partial charge in [-0.1, -0.05) is 29.3 Å². The number of rotatable bonds is 6. The predicted molar refractivity (Wildman–Crippen MR) is 124 cm³/mol. The van der Waals surface area contributed by atoms with E-state index in [1.165, 1.54) is 4.21 Å². The minimum atomic E-state index is -0.390. The van der Waals surface area contributed by atoms with Crippen molar-refractivity contribution in [1.82, 2.24) is 14.9 Å². The molecule has 0 amide bonds. The van der Waals surface area contributed by atoms with Crippen molar-refractivity contribution >= 4 is 58.5 Å². The number of benzene rings is 1. The molecule has 0 radical (unpaired) electrons. The van der Waals surface area contributed by atoms with Gasteiger partial charge in [-0.15, -0.1) is 23.1 Å². The van der Waals surface area contributed by atoms with E-state index in [4.69, 9.17) is 23.2 Å². The van der Waals surface area contributed by atoms with Crippen LogP contribution in [0.5, 0.6) is 0 Å². The molecule has 0 saturated carbocycles. The zero-order valence-electron chi connectivity index (χ0n) is 15.8. The lowest BCUT2D eigenvalue weighted by Crippen LogP contribution is -2.46. The number of thioether (sulfide) groups is 1. The summed E-state index contributed by atoms with van der Waals surface area (Å²) >= 11 is 15.3. The summed E-state index contributed by atoms with van der Waals surface area (Å²) in [5.74, 6) is 0.990. The normalized spacial score (nSPS) is 12.9. The summed E-state index contributed by atoms with van der Waals surface area (Å²) in [6.45, 7) is 0.991. The fraction of sp³-hybridized carbons (Fsp3) is 0.200. The molecule has 2 heterocycles. The predicted octanol–water partition coefficient (Wildman–Crippen LogP) is 2.74. The Bertz CT molecular complexity index is 1250. The molecule has 0 saturated heterocycles. The molecule has 5 nitrogen and oxygen atoms in total. The number of halogens is 2. The third-order valence-electron chi connectivity index (χ3n) is 3.91. The van der Waals surface area contributed by atoms with Gasteiger partial charge in [-0.05, 0) is 56.1 Å². The first-order valence-corrected chi connectivity index (χ1v) is 11.3. The highest BCUT2D eigenvalue weighted by atomic mass is 35.5. The minimum Gasteiger partial charge on any atom is -0.316 e. The molecule has 0 fully saturated rings. The largest absolute Gasteiger partial charge is 0.316 e. The van der Waals surface area contributed by atoms with Crippen molar-refractivity contribution in [3.05, 3.63) is 82.2 Å². The Labute approximate surface area is 185 Å². The molecular weight excluding hydrogens is 449 g/mol. The first-order chi connectivity index (χ1) is 13.8. The van der Waals surface area contributed by atoms with Crippen LogP contribution in [-0.4, -0.2) is 41.3 Å². The lowest BCUT2D eigenvalue weighted by atomic mass is 10.2. The van der Waals surface area contributed by atoms with Crippen molar-refractivity contribution in [1.29, 1.82) is 0 Å². The van der Waals surface area contributed by atoms with E-state index in [1.54, 1.807) is 53.4 Å². The highest BCUT2D eigenvalue weighted by molar-refractivity contribution is 8.01. The molecule has 0 aliphatic heterocycles. The van der Waals surface area contributed by atoms with E-state index in [1.807, 2.05) is 26.2 Å². The van der Waals surface area contributed by atoms with Gasteiger partial charge in [0.2, 0.25) is 0 Å². The van der Waals surface area contributed by atoms with Crippen molar-refractivity contribution in [3.63, 3.8) is 0 Å². The summed E-state index contributed by atoms with van der Waals surface area (Å²) in [5, 5.41) is 1.16. The lowest BCUT2D eigenvalue weighted by Gasteiger charge is -2.07. The van der Waals surface area contributed by atoms with Crippen LogP contribution >= 0.6 is 46.3 Å². The van der Waals surface area contributed by atoms with E-state index in [0.717, 1.165) is 17.2 Å². The minimum absolute atomic E-state index is 0.150. The van der Waals surface area contributed by atoms with Crippen LogP contribution in [0.2, 0.25) is 10.0 Å². The van der Waals surface area contributed by atoms with Gasteiger partial charge < -0.3 is 14.9 Å². The molecule has 2 N–H and O–H groups in total. The maximum absolute atomic E-state index is 12.4. The Morgan fingerprint density at radius 2 is 1.69 bits per heavy atom. The van der Waals surface area contributed by atoms with Gasteiger partial charge in [0.15, 0.2) is 0 Å². The fourth-order valence-corrected chi connectivity index (χ4v) is 5.01. The van der Waals surface area contributed by atoms with Crippen LogP contribution in [0, 0.1) is 0 Å². The molecule has 0 bridgehead atoms. The van der Waals surface area contributed by atoms with Crippen LogP contribution in [0.4, 0.5) is 0 Å². The monoisotopic (exact) mass is 467 g/mol. The molecule has 0 spiro atoms. The molecule has 9 heteroatoms. The van der Waals surface area contributed by atoms with Gasteiger partial charge in [0, 0.05) is 17.2 Å². The summed E-state index contributed by atoms with van der Waals surface area (Å²) in [6.07, 6.45) is 3.24. The molecule has 0 unspecified atom stereocenters. The number of nitrogens with zero attached hydrogens (tertiary/aromatic N) is 1. The standard InChI is InChI=1S/C20H19Cl2N3O2S2/c1-25(2)7-8-28-18-6-4-13(29-18)11-17-20(27)23-16(19(26)24-17)10-12-3-5-14(21)15(22)9-12/h3-6,9-11H,7-8H2,1-2H3,(H,23,27)(H,24,26). The second kappa shape index (κ2) is 9.82. The van der Waals surface area contributed by atoms with Gasteiger partial charge in [0.25, 0.3) is 11.1 Å². The Balaban J connectivity index is 1.89. The molecule has 2 aromatic heterocycles. The van der Waals surface area contributed by atoms with E-state index in [9.17, 15) is 9.59 Å². The zero-order chi connectivity index (χ0) is 21.0. The highest BCUT2D eigenvalue weighted by Gasteiger charge is 2.02. The van der Waals surface area contributed by atoms with Gasteiger partial charge in [0.05, 0.1) is 14.3 Å². The number of aromatic amines is 2. The van der Waals surface area contributed by atoms with E-state index >= 15 is 0 Å². The number of H-pyrrole nitrogens is 2. The second-order valence-corrected chi connectivity index (χ2v) is 9.83. The molecular formula is C20H19Cl2N3O2S2. The summed E-state index contributed by atoms with van der Waals surface area (Å²) < 4.78 is 1.17. The summed E-state index contributed by atoms with van der Waals surface area (Å²) in [4.78, 5) is 33.2. The average molecular weight is 468 g/mol. The highest BCUT2D eigenvalue weighted by Crippen LogP contribution is 2.27. The SMILES string of the molecule is CN(C)CCSc1ccc(C=c2[nH]c(=O)c(=Cc3ccc(Cl)c(Cl)c3)[nH]c2=O)s1. The Morgan fingerprint density at radius 1 is 1.00 bits per heavy atom. The third kappa shape index (κ3) is 6.10. The van der Waals surface area contributed by atoms with Crippen LogP contribution < -0.4 is 21.8 Å². The van der Waals surface area contributed by atoms with Crippen LogP contribution in [0.3, 0.4) is 0 Å². The van der Waals surface area contributed by atoms with Crippen molar-refractivity contribution in [2.45, 2.75) is 4.21 Å². The second-order valence-electron chi connectivity index (χ2n) is 6.51. The van der Waals surface area contributed by atoms with Crippen LogP contribution in [0.1, 0.15) is 10.4 Å². The molecule has 29 heavy (non-hydrogen) atoms. The van der Waals surface area contributed by atoms with Crippen LogP contribution in [0.15, 0.2) is 44.1 Å². The van der Waals surface area contributed by atoms with Gasteiger partial charge >= 0.3 is 0 Å². The first kappa shape index (κ1) is 21.9. The molecule has 0 aliphatic rings. The first-order valence-electron chi connectivity index (χ1n) is 8.70. The summed E-state index contributed by atoms with van der Waals surface area (Å²) in [7, 11) is 4.08. The van der Waals surface area contributed by atoms with E-state index < -0.39 is 0 Å². The van der Waals surface area contributed by atoms with Crippen molar-refractivity contribution in [2.24, 2.45) is 0 Å². The maximum Gasteiger partial charge on any atom is 0.272 e. The summed E-state index contributed by atoms with van der Waals surface area (Å²) in [5.41, 5.74) is -0.0971. The van der Waals surface area contributed by atoms with Gasteiger partial charge in [0.1, 0.15) is 10.7 Å². The maximum atomic E-state index is 12.4. The zero-order valence-corrected chi connectivity index (χ0v) is 18.9. The molecule has 3 aromatic rings. The van der Waals surface area contributed by atoms with E-state index in [-0.39, 0.29) is 21.8 Å². The number of thiophene rings is 1. The van der Waals surface area contributed by atoms with E-state index in [2.05, 4.69) is 14.9 Å². The smallest absolute Gasteiger partial charge is 0.272 e. The van der Waals surface area contributed by atoms with Gasteiger partial charge in [-0.25, -0.2) is 0 Å². The fourth-order valence-electron chi connectivity index (χ4n) is 2.43. The topological polar surface area (TPSA) is 69.0 Å². The van der Waals surface area contributed by atoms with Gasteiger partial charge in [-0.3, -0.25) is 9.59 Å². The molecule has 0 aliphatic carbocycles. The van der Waals surface area contributed by atoms with Crippen molar-refractivity contribution in [3.8, 4) is 0 Å². The number of nitrogens with one attached hydrogen (secondary N) is 2. The number of hydrogen-bond donors (Lipinski definition) is 2. The Kier molecular flexibility index (Phi) is 7.43. The van der Waals surface area contributed by atoms with Crippen molar-refractivity contribution in [2.75, 3.05) is 26.4 Å². The Morgan fingerprint density at radius 3 is 2.34 bits per heavy atom. The molecule has 0 atom stereocenters. The van der Waals surface area contributed by atoms with Gasteiger partial charge in [-0.2, -0.15) is 0 Å². The number of aromatic nitrogens is 2. The van der Waals surface area contributed by atoms with E-state index in [0.29, 0.717) is 15.6 Å². The van der Waals surface area contributed by atoms with Crippen LogP contribution in [-0.2, 0) is 0 Å². The van der Waals surface area contributed by atoms with Crippen LogP contribution in [0.25, 0.3) is 12.2 Å². The third-order valence-corrected chi connectivity index (χ3v) is 6.89. The molecule has 3 rings (SSSR count). The molecule has 1 aromatic carbocycles. The molecule has 152 valence electrons. The summed E-state index contributed by atoms with van der Waals surface area (Å²) in [6, 6.07) is 8.94. The van der Waals surface area contributed by atoms with Crippen molar-refractivity contribution < 1.29 is 0 Å².